The summed E-state index contributed by atoms with van der Waals surface area (Å²) in [5.41, 5.74) is 3.91. The van der Waals surface area contributed by atoms with Crippen LogP contribution in [0.5, 0.6) is 0 Å². The van der Waals surface area contributed by atoms with Gasteiger partial charge in [-0.25, -0.2) is 0 Å². The summed E-state index contributed by atoms with van der Waals surface area (Å²) in [4.78, 5) is 33.6. The van der Waals surface area contributed by atoms with E-state index in [9.17, 15) is 19.7 Å². The predicted molar refractivity (Wildman–Crippen MR) is 67.7 cm³/mol. The zero-order chi connectivity index (χ0) is 14.5. The van der Waals surface area contributed by atoms with E-state index in [0.717, 1.165) is 6.42 Å². The summed E-state index contributed by atoms with van der Waals surface area (Å²) in [6, 6.07) is 5.49. The highest BCUT2D eigenvalue weighted by Crippen LogP contribution is 2.17. The Labute approximate surface area is 114 Å². The fraction of sp³-hybridized carbons (Fsp3) is 0.333. The second kappa shape index (κ2) is 6.11. The van der Waals surface area contributed by atoms with Crippen LogP contribution in [0.4, 0.5) is 5.69 Å². The lowest BCUT2D eigenvalue weighted by Crippen LogP contribution is -2.46. The summed E-state index contributed by atoms with van der Waals surface area (Å²) in [5, 5.41) is 10.8. The van der Waals surface area contributed by atoms with Crippen LogP contribution in [0.3, 0.4) is 0 Å². The molecule has 1 aromatic rings. The zero-order valence-electron chi connectivity index (χ0n) is 10.5. The molecule has 1 fully saturated rings. The first-order chi connectivity index (χ1) is 9.59. The van der Waals surface area contributed by atoms with Gasteiger partial charge >= 0.3 is 0 Å². The maximum atomic E-state index is 11.8. The molecule has 1 aliphatic heterocycles. The molecule has 0 aliphatic carbocycles. The number of nitrogens with zero attached hydrogens (tertiary/aromatic N) is 1. The summed E-state index contributed by atoms with van der Waals surface area (Å²) < 4.78 is 5.14. The lowest BCUT2D eigenvalue weighted by Gasteiger charge is -2.11. The Hall–Kier alpha value is -2.48. The number of nitro benzene ring substituents is 1. The van der Waals surface area contributed by atoms with Crippen molar-refractivity contribution in [2.75, 3.05) is 6.61 Å². The largest absolute Gasteiger partial charge is 0.368 e. The van der Waals surface area contributed by atoms with E-state index < -0.39 is 22.8 Å². The van der Waals surface area contributed by atoms with Crippen LogP contribution in [0.1, 0.15) is 23.2 Å². The van der Waals surface area contributed by atoms with E-state index >= 15 is 0 Å². The van der Waals surface area contributed by atoms with Crippen molar-refractivity contribution in [2.45, 2.75) is 18.9 Å². The van der Waals surface area contributed by atoms with Crippen LogP contribution in [0.2, 0.25) is 0 Å². The summed E-state index contributed by atoms with van der Waals surface area (Å²) in [6.45, 7) is 0.510. The van der Waals surface area contributed by atoms with Crippen molar-refractivity contribution in [3.8, 4) is 0 Å². The summed E-state index contributed by atoms with van der Waals surface area (Å²) in [7, 11) is 0. The van der Waals surface area contributed by atoms with Gasteiger partial charge in [0.15, 0.2) is 0 Å². The van der Waals surface area contributed by atoms with E-state index in [1.165, 1.54) is 24.3 Å². The fourth-order valence-corrected chi connectivity index (χ4v) is 1.88. The van der Waals surface area contributed by atoms with Gasteiger partial charge in [0.05, 0.1) is 4.92 Å². The van der Waals surface area contributed by atoms with Crippen LogP contribution in [0.15, 0.2) is 24.3 Å². The Balaban J connectivity index is 1.98. The number of carbonyl (C=O) groups excluding carboxylic acids is 2. The molecule has 20 heavy (non-hydrogen) atoms. The van der Waals surface area contributed by atoms with Crippen LogP contribution in [0, 0.1) is 10.1 Å². The van der Waals surface area contributed by atoms with Crippen LogP contribution in [-0.2, 0) is 9.53 Å². The number of nitro groups is 1. The molecule has 1 saturated heterocycles. The smallest absolute Gasteiger partial charge is 0.282 e. The van der Waals surface area contributed by atoms with E-state index in [4.69, 9.17) is 4.74 Å². The van der Waals surface area contributed by atoms with Gasteiger partial charge in [0.1, 0.15) is 11.7 Å². The summed E-state index contributed by atoms with van der Waals surface area (Å²) in [6.07, 6.45) is 0.796. The van der Waals surface area contributed by atoms with Gasteiger partial charge < -0.3 is 4.74 Å². The Morgan fingerprint density at radius 1 is 1.30 bits per heavy atom. The van der Waals surface area contributed by atoms with Crippen LogP contribution < -0.4 is 10.9 Å². The van der Waals surface area contributed by atoms with Crippen molar-refractivity contribution in [1.29, 1.82) is 0 Å². The zero-order valence-corrected chi connectivity index (χ0v) is 10.5. The van der Waals surface area contributed by atoms with E-state index in [2.05, 4.69) is 10.9 Å². The van der Waals surface area contributed by atoms with Crippen LogP contribution in [0.25, 0.3) is 0 Å². The number of para-hydroxylation sites is 1. The molecule has 0 aromatic heterocycles. The molecule has 1 unspecified atom stereocenters. The normalized spacial score (nSPS) is 17.5. The third kappa shape index (κ3) is 3.09. The number of hydrazine groups is 1. The molecule has 8 nitrogen and oxygen atoms in total. The maximum Gasteiger partial charge on any atom is 0.282 e. The highest BCUT2D eigenvalue weighted by molar-refractivity contribution is 5.99. The number of rotatable bonds is 3. The van der Waals surface area contributed by atoms with Crippen molar-refractivity contribution in [2.24, 2.45) is 0 Å². The topological polar surface area (TPSA) is 111 Å². The fourth-order valence-electron chi connectivity index (χ4n) is 1.88. The SMILES string of the molecule is O=C(NNC(=O)C1CCCO1)c1ccccc1[N+](=O)[O-]. The van der Waals surface area contributed by atoms with Crippen LogP contribution in [-0.4, -0.2) is 29.4 Å². The standard InChI is InChI=1S/C12H13N3O5/c16-11(8-4-1-2-5-9(8)15(18)19)13-14-12(17)10-6-3-7-20-10/h1-2,4-5,10H,3,6-7H2,(H,13,16)(H,14,17). The number of hydrogen-bond donors (Lipinski definition) is 2. The van der Waals surface area contributed by atoms with Gasteiger partial charge in [0.2, 0.25) is 0 Å². The number of nitrogens with one attached hydrogen (secondary N) is 2. The van der Waals surface area contributed by atoms with E-state index in [1.807, 2.05) is 0 Å². The molecular formula is C12H13N3O5. The minimum absolute atomic E-state index is 0.120. The van der Waals surface area contributed by atoms with E-state index in [-0.39, 0.29) is 11.3 Å². The third-order valence-corrected chi connectivity index (χ3v) is 2.87. The first-order valence-corrected chi connectivity index (χ1v) is 6.05. The van der Waals surface area contributed by atoms with Gasteiger partial charge in [0.25, 0.3) is 17.5 Å². The molecule has 0 spiro atoms. The lowest BCUT2D eigenvalue weighted by molar-refractivity contribution is -0.385. The van der Waals surface area contributed by atoms with Gasteiger partial charge in [-0.2, -0.15) is 0 Å². The molecule has 1 aliphatic rings. The molecule has 2 N–H and O–H groups in total. The van der Waals surface area contributed by atoms with Crippen molar-refractivity contribution in [3.05, 3.63) is 39.9 Å². The first kappa shape index (κ1) is 13.9. The van der Waals surface area contributed by atoms with E-state index in [1.54, 1.807) is 0 Å². The molecule has 2 rings (SSSR count). The minimum atomic E-state index is -0.747. The van der Waals surface area contributed by atoms with Gasteiger partial charge in [-0.3, -0.25) is 30.6 Å². The number of amides is 2. The van der Waals surface area contributed by atoms with Crippen molar-refractivity contribution in [1.82, 2.24) is 10.9 Å². The maximum absolute atomic E-state index is 11.8. The van der Waals surface area contributed by atoms with Crippen molar-refractivity contribution in [3.63, 3.8) is 0 Å². The number of carbonyl (C=O) groups is 2. The Kier molecular flexibility index (Phi) is 4.26. The monoisotopic (exact) mass is 279 g/mol. The number of ether oxygens (including phenoxy) is 1. The van der Waals surface area contributed by atoms with E-state index in [0.29, 0.717) is 13.0 Å². The minimum Gasteiger partial charge on any atom is -0.368 e. The Morgan fingerprint density at radius 2 is 2.05 bits per heavy atom. The highest BCUT2D eigenvalue weighted by Gasteiger charge is 2.25. The summed E-state index contributed by atoms with van der Waals surface area (Å²) >= 11 is 0. The molecule has 8 heteroatoms. The molecule has 1 aromatic carbocycles. The Morgan fingerprint density at radius 3 is 2.70 bits per heavy atom. The first-order valence-electron chi connectivity index (χ1n) is 6.05. The molecule has 1 heterocycles. The molecule has 106 valence electrons. The molecule has 0 radical (unpaired) electrons. The van der Waals surface area contributed by atoms with Gasteiger partial charge in [0, 0.05) is 12.7 Å². The molecular weight excluding hydrogens is 266 g/mol. The molecule has 2 amide bonds. The van der Waals surface area contributed by atoms with Crippen molar-refractivity contribution < 1.29 is 19.2 Å². The molecule has 1 atom stereocenters. The number of hydrogen-bond acceptors (Lipinski definition) is 5. The Bertz CT molecular complexity index is 540. The summed E-state index contributed by atoms with van der Waals surface area (Å²) in [5.74, 6) is -1.21. The average molecular weight is 279 g/mol. The third-order valence-electron chi connectivity index (χ3n) is 2.87. The van der Waals surface area contributed by atoms with Crippen molar-refractivity contribution >= 4 is 17.5 Å². The highest BCUT2D eigenvalue weighted by atomic mass is 16.6. The second-order valence-electron chi connectivity index (χ2n) is 4.22. The van der Waals surface area contributed by atoms with Crippen LogP contribution >= 0.6 is 0 Å². The second-order valence-corrected chi connectivity index (χ2v) is 4.22. The quantitative estimate of drug-likeness (QED) is 0.619. The predicted octanol–water partition coefficient (Wildman–Crippen LogP) is 0.535. The van der Waals surface area contributed by atoms with Gasteiger partial charge in [-0.1, -0.05) is 12.1 Å². The lowest BCUT2D eigenvalue weighted by atomic mass is 10.2. The molecule has 0 saturated carbocycles. The average Bonchev–Trinajstić information content (AvgIpc) is 2.98. The number of benzene rings is 1. The van der Waals surface area contributed by atoms with Gasteiger partial charge in [-0.15, -0.1) is 0 Å². The van der Waals surface area contributed by atoms with Gasteiger partial charge in [-0.05, 0) is 18.9 Å². The molecule has 0 bridgehead atoms.